The maximum absolute atomic E-state index is 13.3. The molecule has 1 unspecified atom stereocenters. The van der Waals surface area contributed by atoms with Crippen molar-refractivity contribution in [1.82, 2.24) is 0 Å². The number of aliphatic hydroxyl groups excluding tert-OH is 1. The molecule has 1 heterocycles. The van der Waals surface area contributed by atoms with E-state index in [4.69, 9.17) is 9.47 Å². The van der Waals surface area contributed by atoms with Crippen LogP contribution in [-0.4, -0.2) is 37.0 Å². The van der Waals surface area contributed by atoms with Crippen LogP contribution in [0, 0.1) is 0 Å². The quantitative estimate of drug-likeness (QED) is 0.228. The van der Waals surface area contributed by atoms with Crippen LogP contribution in [0.1, 0.15) is 35.2 Å². The van der Waals surface area contributed by atoms with E-state index in [9.17, 15) is 19.5 Å². The number of carbonyl (C=O) groups excluding carboxylic acids is 3. The molecule has 1 atom stereocenters. The fourth-order valence-corrected chi connectivity index (χ4v) is 4.27. The average molecular weight is 486 g/mol. The first-order chi connectivity index (χ1) is 17.4. The van der Waals surface area contributed by atoms with E-state index in [1.807, 2.05) is 19.1 Å². The molecule has 3 aromatic rings. The van der Waals surface area contributed by atoms with Crippen molar-refractivity contribution in [3.8, 4) is 5.75 Å². The third-order valence-electron chi connectivity index (χ3n) is 6.30. The lowest BCUT2D eigenvalue weighted by atomic mass is 9.94. The van der Waals surface area contributed by atoms with Crippen LogP contribution >= 0.6 is 0 Å². The summed E-state index contributed by atoms with van der Waals surface area (Å²) in [7, 11) is 2.87. The number of ether oxygens (including phenoxy) is 2. The first-order valence-corrected chi connectivity index (χ1v) is 11.6. The van der Waals surface area contributed by atoms with Crippen molar-refractivity contribution in [2.75, 3.05) is 19.1 Å². The van der Waals surface area contributed by atoms with Gasteiger partial charge >= 0.3 is 5.97 Å². The molecular formula is C29H27NO6. The van der Waals surface area contributed by atoms with Gasteiger partial charge in [0.25, 0.3) is 11.7 Å². The number of benzene rings is 3. The molecular weight excluding hydrogens is 458 g/mol. The fraction of sp³-hybridized carbons (Fsp3) is 0.207. The van der Waals surface area contributed by atoms with Crippen molar-refractivity contribution >= 4 is 29.1 Å². The number of ketones is 1. The third kappa shape index (κ3) is 4.73. The fourth-order valence-electron chi connectivity index (χ4n) is 4.27. The summed E-state index contributed by atoms with van der Waals surface area (Å²) in [5.74, 6) is -1.51. The van der Waals surface area contributed by atoms with Crippen molar-refractivity contribution in [1.29, 1.82) is 0 Å². The molecule has 1 aliphatic rings. The van der Waals surface area contributed by atoms with E-state index >= 15 is 0 Å². The highest BCUT2D eigenvalue weighted by molar-refractivity contribution is 6.51. The number of anilines is 1. The number of nitrogens with zero attached hydrogens (tertiary/aromatic N) is 1. The van der Waals surface area contributed by atoms with E-state index in [-0.39, 0.29) is 23.7 Å². The van der Waals surface area contributed by atoms with E-state index < -0.39 is 17.7 Å². The van der Waals surface area contributed by atoms with E-state index in [0.29, 0.717) is 28.1 Å². The Hall–Kier alpha value is -4.39. The summed E-state index contributed by atoms with van der Waals surface area (Å²) in [6.07, 6.45) is 0.925. The lowest BCUT2D eigenvalue weighted by Crippen LogP contribution is -2.29. The van der Waals surface area contributed by atoms with Crippen molar-refractivity contribution in [3.63, 3.8) is 0 Å². The molecule has 184 valence electrons. The minimum atomic E-state index is -0.854. The number of esters is 1. The monoisotopic (exact) mass is 485 g/mol. The number of hydrogen-bond acceptors (Lipinski definition) is 6. The van der Waals surface area contributed by atoms with Crippen LogP contribution in [0.25, 0.3) is 5.76 Å². The van der Waals surface area contributed by atoms with Gasteiger partial charge in [0.15, 0.2) is 0 Å². The Morgan fingerprint density at radius 1 is 0.889 bits per heavy atom. The summed E-state index contributed by atoms with van der Waals surface area (Å²) in [5, 5.41) is 11.2. The highest BCUT2D eigenvalue weighted by Gasteiger charge is 2.47. The van der Waals surface area contributed by atoms with Crippen LogP contribution in [0.15, 0.2) is 78.4 Å². The lowest BCUT2D eigenvalue weighted by molar-refractivity contribution is -0.139. The van der Waals surface area contributed by atoms with Gasteiger partial charge in [0.05, 0.1) is 32.3 Å². The molecule has 0 saturated carbocycles. The minimum Gasteiger partial charge on any atom is -0.507 e. The molecule has 1 N–H and O–H groups in total. The SMILES string of the molecule is CCc1ccc(/C(O)=C2\C(=O)C(=O)N(c3ccc(CC(=O)OC)cc3)C2c2ccc(OC)cc2)cc1. The van der Waals surface area contributed by atoms with Gasteiger partial charge in [-0.2, -0.15) is 0 Å². The number of carbonyl (C=O) groups is 3. The predicted molar refractivity (Wildman–Crippen MR) is 136 cm³/mol. The lowest BCUT2D eigenvalue weighted by Gasteiger charge is -2.25. The van der Waals surface area contributed by atoms with Gasteiger partial charge in [-0.1, -0.05) is 55.5 Å². The van der Waals surface area contributed by atoms with Gasteiger partial charge < -0.3 is 14.6 Å². The average Bonchev–Trinajstić information content (AvgIpc) is 3.18. The number of methoxy groups -OCH3 is 2. The van der Waals surface area contributed by atoms with Gasteiger partial charge in [0.2, 0.25) is 0 Å². The number of aliphatic hydroxyl groups is 1. The molecule has 0 radical (unpaired) electrons. The molecule has 0 spiro atoms. The van der Waals surface area contributed by atoms with E-state index in [1.165, 1.54) is 12.0 Å². The molecule has 7 nitrogen and oxygen atoms in total. The van der Waals surface area contributed by atoms with Crippen molar-refractivity contribution in [3.05, 3.63) is 101 Å². The molecule has 1 fully saturated rings. The third-order valence-corrected chi connectivity index (χ3v) is 6.30. The first kappa shape index (κ1) is 24.7. The van der Waals surface area contributed by atoms with Gasteiger partial charge in [-0.15, -0.1) is 0 Å². The molecule has 4 rings (SSSR count). The minimum absolute atomic E-state index is 0.00746. The Labute approximate surface area is 209 Å². The Morgan fingerprint density at radius 2 is 1.50 bits per heavy atom. The van der Waals surface area contributed by atoms with E-state index in [0.717, 1.165) is 12.0 Å². The Kier molecular flexibility index (Phi) is 7.20. The molecule has 1 aliphatic heterocycles. The molecule has 1 amide bonds. The number of hydrogen-bond donors (Lipinski definition) is 1. The number of Topliss-reactive ketones (excluding diaryl/α,β-unsaturated/α-hetero) is 1. The highest BCUT2D eigenvalue weighted by atomic mass is 16.5. The number of amides is 1. The molecule has 1 saturated heterocycles. The number of aryl methyl sites for hydroxylation is 1. The van der Waals surface area contributed by atoms with Gasteiger partial charge in [0.1, 0.15) is 11.5 Å². The maximum Gasteiger partial charge on any atom is 0.309 e. The van der Waals surface area contributed by atoms with Crippen molar-refractivity contribution in [2.45, 2.75) is 25.8 Å². The standard InChI is InChI=1S/C29H27NO6/c1-4-18-5-9-21(10-6-18)27(32)25-26(20-11-15-23(35-2)16-12-20)30(29(34)28(25)33)22-13-7-19(8-14-22)17-24(31)36-3/h5-16,26,32H,4,17H2,1-3H3/b27-25+. The number of rotatable bonds is 7. The normalized spacial score (nSPS) is 16.8. The van der Waals surface area contributed by atoms with Crippen LogP contribution in [-0.2, 0) is 32.0 Å². The smallest absolute Gasteiger partial charge is 0.309 e. The molecule has 0 aromatic heterocycles. The second-order valence-electron chi connectivity index (χ2n) is 8.41. The summed E-state index contributed by atoms with van der Waals surface area (Å²) in [6, 6.07) is 20.2. The van der Waals surface area contributed by atoms with Gasteiger partial charge in [0, 0.05) is 11.3 Å². The summed E-state index contributed by atoms with van der Waals surface area (Å²) in [6.45, 7) is 2.03. The molecule has 3 aromatic carbocycles. The van der Waals surface area contributed by atoms with Crippen LogP contribution in [0.4, 0.5) is 5.69 Å². The summed E-state index contributed by atoms with van der Waals surface area (Å²) < 4.78 is 9.97. The summed E-state index contributed by atoms with van der Waals surface area (Å²) in [4.78, 5) is 39.6. The zero-order valence-electron chi connectivity index (χ0n) is 20.4. The Balaban J connectivity index is 1.83. The first-order valence-electron chi connectivity index (χ1n) is 11.6. The Bertz CT molecular complexity index is 1310. The second kappa shape index (κ2) is 10.5. The van der Waals surface area contributed by atoms with Crippen LogP contribution < -0.4 is 9.64 Å². The zero-order chi connectivity index (χ0) is 25.8. The highest BCUT2D eigenvalue weighted by Crippen LogP contribution is 2.42. The van der Waals surface area contributed by atoms with Crippen LogP contribution in [0.2, 0.25) is 0 Å². The summed E-state index contributed by atoms with van der Waals surface area (Å²) >= 11 is 0. The van der Waals surface area contributed by atoms with Gasteiger partial charge in [-0.3, -0.25) is 19.3 Å². The largest absolute Gasteiger partial charge is 0.507 e. The molecule has 7 heteroatoms. The van der Waals surface area contributed by atoms with Crippen molar-refractivity contribution in [2.24, 2.45) is 0 Å². The molecule has 0 aliphatic carbocycles. The zero-order valence-corrected chi connectivity index (χ0v) is 20.4. The second-order valence-corrected chi connectivity index (χ2v) is 8.41. The van der Waals surface area contributed by atoms with Crippen LogP contribution in [0.3, 0.4) is 0 Å². The van der Waals surface area contributed by atoms with Crippen molar-refractivity contribution < 1.29 is 29.0 Å². The maximum atomic E-state index is 13.3. The predicted octanol–water partition coefficient (Wildman–Crippen LogP) is 4.60. The van der Waals surface area contributed by atoms with E-state index in [2.05, 4.69) is 0 Å². The van der Waals surface area contributed by atoms with E-state index in [1.54, 1.807) is 67.8 Å². The Morgan fingerprint density at radius 3 is 2.06 bits per heavy atom. The summed E-state index contributed by atoms with van der Waals surface area (Å²) in [5.41, 5.74) is 3.36. The van der Waals surface area contributed by atoms with Gasteiger partial charge in [-0.25, -0.2) is 0 Å². The molecule has 0 bridgehead atoms. The molecule has 36 heavy (non-hydrogen) atoms. The van der Waals surface area contributed by atoms with Gasteiger partial charge in [-0.05, 0) is 47.4 Å². The topological polar surface area (TPSA) is 93.1 Å². The van der Waals surface area contributed by atoms with Crippen LogP contribution in [0.5, 0.6) is 5.75 Å².